The minimum absolute atomic E-state index is 0.0639. The molecular formula is C42H53F6N9O4. The first-order valence-electron chi connectivity index (χ1n) is 20.5. The van der Waals surface area contributed by atoms with Crippen LogP contribution in [0.5, 0.6) is 0 Å². The molecule has 6 rings (SSSR count). The number of likely N-dealkylation sites (N-methyl/N-ethyl adjacent to an activating group) is 2. The van der Waals surface area contributed by atoms with Crippen LogP contribution in [-0.2, 0) is 32.1 Å². The molecular weight excluding hydrogens is 809 g/mol. The number of aromatic amines is 1. The van der Waals surface area contributed by atoms with Crippen LogP contribution in [-0.4, -0.2) is 123 Å². The van der Waals surface area contributed by atoms with Crippen LogP contribution in [0.1, 0.15) is 59.4 Å². The number of nitrogens with one attached hydrogen (secondary N) is 5. The van der Waals surface area contributed by atoms with Gasteiger partial charge in [0.15, 0.2) is 5.82 Å². The van der Waals surface area contributed by atoms with E-state index in [4.69, 9.17) is 4.98 Å². The van der Waals surface area contributed by atoms with E-state index in [1.807, 2.05) is 0 Å². The molecule has 61 heavy (non-hydrogen) atoms. The molecule has 0 spiro atoms. The SMILES string of the molecule is CCC(NC(=O)C(C)NC)C(=O)N1CC(F)(F)CC1Cn1c(-c2[nH]c3cc(F)ccc3c2CC2CC(F)(F)CN2C(=O)C(NC(=O)C(C)NC)C(C)C)nc2cc(F)ccc21. The molecule has 0 aliphatic carbocycles. The first-order valence-corrected chi connectivity index (χ1v) is 20.5. The lowest BCUT2D eigenvalue weighted by molar-refractivity contribution is -0.139. The van der Waals surface area contributed by atoms with Crippen molar-refractivity contribution in [1.82, 2.24) is 45.6 Å². The Morgan fingerprint density at radius 3 is 2.00 bits per heavy atom. The minimum atomic E-state index is -3.31. The molecule has 19 heteroatoms. The first kappa shape index (κ1) is 45.4. The average molecular weight is 862 g/mol. The van der Waals surface area contributed by atoms with Gasteiger partial charge in [0.05, 0.1) is 47.9 Å². The molecule has 2 aliphatic heterocycles. The Balaban J connectivity index is 1.44. The third kappa shape index (κ3) is 9.51. The van der Waals surface area contributed by atoms with Crippen LogP contribution in [0.3, 0.4) is 0 Å². The number of imidazole rings is 1. The van der Waals surface area contributed by atoms with Gasteiger partial charge in [0.1, 0.15) is 23.7 Å². The highest BCUT2D eigenvalue weighted by Crippen LogP contribution is 2.41. The normalized spacial score (nSPS) is 20.6. The fourth-order valence-corrected chi connectivity index (χ4v) is 8.28. The monoisotopic (exact) mass is 861 g/mol. The van der Waals surface area contributed by atoms with Crippen molar-refractivity contribution in [3.63, 3.8) is 0 Å². The van der Waals surface area contributed by atoms with Crippen LogP contribution < -0.4 is 21.3 Å². The van der Waals surface area contributed by atoms with Gasteiger partial charge in [-0.2, -0.15) is 0 Å². The Hall–Kier alpha value is -5.17. The number of fused-ring (bicyclic) bond motifs is 2. The summed E-state index contributed by atoms with van der Waals surface area (Å²) in [5, 5.41) is 11.3. The van der Waals surface area contributed by atoms with Gasteiger partial charge >= 0.3 is 0 Å². The van der Waals surface area contributed by atoms with Crippen molar-refractivity contribution in [3.8, 4) is 11.5 Å². The smallest absolute Gasteiger partial charge is 0.267 e. The Morgan fingerprint density at radius 2 is 1.39 bits per heavy atom. The molecule has 0 saturated carbocycles. The summed E-state index contributed by atoms with van der Waals surface area (Å²) in [4.78, 5) is 63.7. The van der Waals surface area contributed by atoms with Crippen molar-refractivity contribution < 1.29 is 45.5 Å². The topological polar surface area (TPSA) is 156 Å². The standard InChI is InChI=1S/C42H53F6N9O4/c1-8-30(53-37(58)22(4)49-6)39(60)57-20-42(47,48)17-27(57)18-55-33-12-10-25(44)14-32(33)52-36(55)35-29(28-11-9-24(43)13-31(28)51-35)15-26-16-41(45,46)19-56(26)40(61)34(21(2)3)54-38(59)23(5)50-7/h9-14,21-23,26-27,30,34,49-51H,8,15-20H2,1-7H3,(H,53,58)(H,54,59). The zero-order valence-corrected chi connectivity index (χ0v) is 35.1. The molecule has 4 amide bonds. The number of benzene rings is 2. The second kappa shape index (κ2) is 17.7. The lowest BCUT2D eigenvalue weighted by atomic mass is 9.97. The van der Waals surface area contributed by atoms with E-state index in [1.165, 1.54) is 28.8 Å². The quantitative estimate of drug-likeness (QED) is 0.108. The van der Waals surface area contributed by atoms with Gasteiger partial charge in [-0.25, -0.2) is 31.3 Å². The van der Waals surface area contributed by atoms with Gasteiger partial charge in [0, 0.05) is 42.4 Å². The molecule has 6 atom stereocenters. The third-order valence-corrected chi connectivity index (χ3v) is 11.9. The van der Waals surface area contributed by atoms with Gasteiger partial charge in [-0.3, -0.25) is 19.2 Å². The Bertz CT molecular complexity index is 2300. The van der Waals surface area contributed by atoms with Gasteiger partial charge in [-0.1, -0.05) is 20.8 Å². The number of H-pyrrole nitrogens is 1. The molecule has 2 fully saturated rings. The second-order valence-corrected chi connectivity index (χ2v) is 16.6. The maximum absolute atomic E-state index is 15.5. The van der Waals surface area contributed by atoms with E-state index in [9.17, 15) is 28.0 Å². The fourth-order valence-electron chi connectivity index (χ4n) is 8.28. The zero-order chi connectivity index (χ0) is 44.7. The first-order chi connectivity index (χ1) is 28.7. The van der Waals surface area contributed by atoms with Crippen molar-refractivity contribution in [2.24, 2.45) is 5.92 Å². The number of amides is 4. The van der Waals surface area contributed by atoms with Gasteiger partial charge < -0.3 is 40.6 Å². The number of aromatic nitrogens is 3. The minimum Gasteiger partial charge on any atom is -0.352 e. The number of hydrogen-bond donors (Lipinski definition) is 5. The maximum Gasteiger partial charge on any atom is 0.267 e. The van der Waals surface area contributed by atoms with E-state index in [0.29, 0.717) is 16.5 Å². The van der Waals surface area contributed by atoms with Crippen LogP contribution in [0.15, 0.2) is 36.4 Å². The summed E-state index contributed by atoms with van der Waals surface area (Å²) < 4.78 is 92.7. The van der Waals surface area contributed by atoms with E-state index in [0.717, 1.165) is 21.9 Å². The van der Waals surface area contributed by atoms with E-state index < -0.39 is 115 Å². The van der Waals surface area contributed by atoms with Gasteiger partial charge in [0.2, 0.25) is 23.6 Å². The number of carbonyl (C=O) groups excluding carboxylic acids is 4. The Morgan fingerprint density at radius 1 is 0.820 bits per heavy atom. The molecule has 332 valence electrons. The summed E-state index contributed by atoms with van der Waals surface area (Å²) in [5.74, 6) is -10.7. The Kier molecular flexibility index (Phi) is 13.1. The molecule has 0 bridgehead atoms. The highest BCUT2D eigenvalue weighted by molar-refractivity contribution is 5.93. The van der Waals surface area contributed by atoms with Gasteiger partial charge in [-0.05, 0) is 82.6 Å². The highest BCUT2D eigenvalue weighted by Gasteiger charge is 2.50. The number of alkyl halides is 4. The Labute approximate surface area is 349 Å². The van der Waals surface area contributed by atoms with Crippen molar-refractivity contribution in [2.45, 2.75) is 115 Å². The molecule has 5 N–H and O–H groups in total. The second-order valence-electron chi connectivity index (χ2n) is 16.6. The molecule has 4 aromatic rings. The van der Waals surface area contributed by atoms with E-state index in [2.05, 4.69) is 26.3 Å². The summed E-state index contributed by atoms with van der Waals surface area (Å²) in [7, 11) is 3.13. The molecule has 2 aromatic heterocycles. The van der Waals surface area contributed by atoms with E-state index in [-0.39, 0.29) is 41.9 Å². The van der Waals surface area contributed by atoms with Crippen molar-refractivity contribution >= 4 is 45.6 Å². The molecule has 13 nitrogen and oxygen atoms in total. The lowest BCUT2D eigenvalue weighted by Crippen LogP contribution is -2.55. The van der Waals surface area contributed by atoms with Gasteiger partial charge in [0.25, 0.3) is 11.8 Å². The number of hydrogen-bond acceptors (Lipinski definition) is 7. The molecule has 2 aliphatic rings. The fraction of sp³-hybridized carbons (Fsp3) is 0.548. The molecule has 6 unspecified atom stereocenters. The molecule has 0 radical (unpaired) electrons. The summed E-state index contributed by atoms with van der Waals surface area (Å²) in [6.07, 6.45) is -1.59. The lowest BCUT2D eigenvalue weighted by Gasteiger charge is -2.31. The van der Waals surface area contributed by atoms with Crippen LogP contribution in [0, 0.1) is 17.6 Å². The van der Waals surface area contributed by atoms with Crippen LogP contribution in [0.2, 0.25) is 0 Å². The van der Waals surface area contributed by atoms with Crippen LogP contribution in [0.4, 0.5) is 26.3 Å². The summed E-state index contributed by atoms with van der Waals surface area (Å²) >= 11 is 0. The largest absolute Gasteiger partial charge is 0.352 e. The zero-order valence-electron chi connectivity index (χ0n) is 35.1. The summed E-state index contributed by atoms with van der Waals surface area (Å²) in [6, 6.07) is 1.66. The number of rotatable bonds is 15. The number of halogens is 6. The van der Waals surface area contributed by atoms with Crippen LogP contribution in [0.25, 0.3) is 33.5 Å². The molecule has 2 aromatic carbocycles. The highest BCUT2D eigenvalue weighted by atomic mass is 19.3. The van der Waals surface area contributed by atoms with Crippen LogP contribution >= 0.6 is 0 Å². The molecule has 4 heterocycles. The number of likely N-dealkylation sites (tertiary alicyclic amines) is 2. The van der Waals surface area contributed by atoms with Crippen molar-refractivity contribution in [3.05, 3.63) is 53.6 Å². The van der Waals surface area contributed by atoms with Gasteiger partial charge in [-0.15, -0.1) is 0 Å². The van der Waals surface area contributed by atoms with E-state index >= 15 is 17.6 Å². The average Bonchev–Trinajstić information content (AvgIpc) is 3.92. The predicted octanol–water partition coefficient (Wildman–Crippen LogP) is 4.73. The number of nitrogens with zero attached hydrogens (tertiary/aromatic N) is 4. The third-order valence-electron chi connectivity index (χ3n) is 11.9. The number of carbonyl (C=O) groups is 4. The maximum atomic E-state index is 15.5. The van der Waals surface area contributed by atoms with Crippen molar-refractivity contribution in [1.29, 1.82) is 0 Å². The summed E-state index contributed by atoms with van der Waals surface area (Å²) in [5.41, 5.74) is 1.18. The van der Waals surface area contributed by atoms with Crippen molar-refractivity contribution in [2.75, 3.05) is 27.2 Å². The summed E-state index contributed by atoms with van der Waals surface area (Å²) in [6.45, 7) is 6.06. The molecule has 2 saturated heterocycles. The predicted molar refractivity (Wildman–Crippen MR) is 217 cm³/mol. The van der Waals surface area contributed by atoms with E-state index in [1.54, 1.807) is 48.7 Å².